The van der Waals surface area contributed by atoms with Crippen LogP contribution in [0.25, 0.3) is 0 Å². The lowest BCUT2D eigenvalue weighted by molar-refractivity contribution is 0.392. The fraction of sp³-hybridized carbons (Fsp3) is 0.375. The summed E-state index contributed by atoms with van der Waals surface area (Å²) in [4.78, 5) is 54.3. The van der Waals surface area contributed by atoms with Gasteiger partial charge in [-0.25, -0.2) is 49.8 Å². The molecule has 0 amide bonds. The second-order valence-corrected chi connectivity index (χ2v) is 21.9. The summed E-state index contributed by atoms with van der Waals surface area (Å²) in [6.45, 7) is 36.2. The van der Waals surface area contributed by atoms with Crippen molar-refractivity contribution in [2.45, 2.75) is 132 Å². The average Bonchev–Trinajstić information content (AvgIpc) is 4.52. The Morgan fingerprint density at radius 1 is 0.527 bits per heavy atom. The zero-order chi connectivity index (χ0) is 67.8. The number of imidazole rings is 2. The number of hydrogen-bond acceptors (Lipinski definition) is 29. The monoisotopic (exact) mass is 1330 g/mol. The first-order chi connectivity index (χ1) is 43.3. The molecule has 0 saturated heterocycles. The van der Waals surface area contributed by atoms with E-state index >= 15 is 0 Å². The van der Waals surface area contributed by atoms with Gasteiger partial charge in [-0.2, -0.15) is 39.1 Å². The number of nitrogens with one attached hydrogen (secondary N) is 4. The lowest BCUT2D eigenvalue weighted by Gasteiger charge is -1.78. The molecule has 14 heterocycles. The maximum absolute atomic E-state index is 4.97. The van der Waals surface area contributed by atoms with Gasteiger partial charge in [0.25, 0.3) is 0 Å². The van der Waals surface area contributed by atoms with E-state index in [1.54, 1.807) is 78.2 Å². The van der Waals surface area contributed by atoms with Gasteiger partial charge in [-0.1, -0.05) is 10.3 Å². The van der Waals surface area contributed by atoms with Crippen molar-refractivity contribution in [3.8, 4) is 0 Å². The molecule has 490 valence electrons. The first kappa shape index (κ1) is 79.1. The molecule has 14 aromatic rings. The molecule has 0 aromatic carbocycles. The molecular formula is C56H83N27O4S4. The molecule has 0 atom stereocenters. The number of rotatable bonds is 0. The zero-order valence-corrected chi connectivity index (χ0v) is 58.6. The van der Waals surface area contributed by atoms with Crippen LogP contribution in [0.15, 0.2) is 116 Å². The van der Waals surface area contributed by atoms with E-state index in [4.69, 9.17) is 4.42 Å². The summed E-state index contributed by atoms with van der Waals surface area (Å²) < 4.78 is 29.6. The van der Waals surface area contributed by atoms with Crippen LogP contribution in [0.1, 0.15) is 107 Å². The fourth-order valence-corrected chi connectivity index (χ4v) is 7.20. The minimum atomic E-state index is 0.606. The molecule has 0 aliphatic carbocycles. The third-order valence-corrected chi connectivity index (χ3v) is 11.6. The van der Waals surface area contributed by atoms with Gasteiger partial charge in [0.1, 0.15) is 76.5 Å². The number of aromatic nitrogens is 27. The second-order valence-electron chi connectivity index (χ2n) is 18.1. The van der Waals surface area contributed by atoms with E-state index in [9.17, 15) is 0 Å². The molecular weight excluding hydrogens is 1240 g/mol. The molecule has 35 heteroatoms. The third kappa shape index (κ3) is 46.9. The van der Waals surface area contributed by atoms with E-state index in [1.807, 2.05) is 165 Å². The Balaban J connectivity index is 0.000000490. The van der Waals surface area contributed by atoms with E-state index in [2.05, 4.69) is 145 Å². The summed E-state index contributed by atoms with van der Waals surface area (Å²) >= 11 is 6.16. The van der Waals surface area contributed by atoms with Crippen LogP contribution in [0, 0.1) is 132 Å². The van der Waals surface area contributed by atoms with Crippen molar-refractivity contribution in [2.75, 3.05) is 0 Å². The quantitative estimate of drug-likeness (QED) is 0.110. The predicted molar refractivity (Wildman–Crippen MR) is 350 cm³/mol. The number of oxazole rings is 2. The van der Waals surface area contributed by atoms with Crippen LogP contribution in [-0.2, 0) is 14.1 Å². The number of aromatic amines is 4. The first-order valence-corrected chi connectivity index (χ1v) is 30.5. The van der Waals surface area contributed by atoms with Crippen LogP contribution in [0.4, 0.5) is 0 Å². The van der Waals surface area contributed by atoms with Gasteiger partial charge in [0.15, 0.2) is 24.4 Å². The molecule has 4 N–H and O–H groups in total. The molecule has 0 aliphatic rings. The lowest BCUT2D eigenvalue weighted by atomic mass is 10.4. The van der Waals surface area contributed by atoms with E-state index < -0.39 is 0 Å². The number of aryl methyl sites for hydroxylation is 21. The molecule has 0 fully saturated rings. The molecule has 0 aliphatic heterocycles. The number of H-pyrrole nitrogens is 4. The van der Waals surface area contributed by atoms with Crippen molar-refractivity contribution < 1.29 is 17.9 Å². The van der Waals surface area contributed by atoms with E-state index in [0.717, 1.165) is 90.8 Å². The van der Waals surface area contributed by atoms with Crippen molar-refractivity contribution in [1.29, 1.82) is 0 Å². The van der Waals surface area contributed by atoms with Crippen LogP contribution >= 0.6 is 45.7 Å². The molecule has 14 aromatic heterocycles. The SMILES string of the molecule is Cc1cc(C)[nH]n1.Cc1cn(C)cn1.Cc1cnc(C)[nH]1.Cc1cnc(C)o1.Cc1cnc(C)s1.Cc1cocn1.Cc1cscn1.Cc1n[nH]c(C)n1.Cc1ncn(C)n1.Cc1ncn[nH]1.Cc1ncno1.Cc1ncns1.Cc1ncon1.Cc1ncsn1. The Kier molecular flexibility index (Phi) is 41.8. The summed E-state index contributed by atoms with van der Waals surface area (Å²) in [5.74, 6) is 8.09. The van der Waals surface area contributed by atoms with Gasteiger partial charge in [-0.3, -0.25) is 25.0 Å². The minimum absolute atomic E-state index is 0.606. The zero-order valence-electron chi connectivity index (χ0n) is 55.3. The average molecular weight is 1330 g/mol. The molecule has 0 unspecified atom stereocenters. The van der Waals surface area contributed by atoms with Gasteiger partial charge in [0.2, 0.25) is 12.3 Å². The van der Waals surface area contributed by atoms with Crippen LogP contribution in [0.2, 0.25) is 0 Å². The standard InChI is InChI=1S/3C5H8N2.C5H7NO.C5H7NS.2C4H7N3.C4H5NO.C4H5NS.C3H5N3.2C3H4N2O.2C3H4N2S/c1-5-3-7(2)4-6-5;1-4-3-6-5(2)7-4;1-4-3-5(2)7-6-4;2*1-4-3-6-5(2)7-4;1-4-5-3-7(2)6-4;1-3-5-4(2)7-6-3;2*1-4-2-6-3-5-4;1-3-4-2-5-6-3;1-3-4-2-6-5-3;1-3-4-2-5-6-3;1-3-4-2-6-5-3;1-3-4-2-5-6-3/h3-4H,1-2H3;2*3H,1-2H3,(H,6,7);3*3H,1-2H3;1-2H3,(H,5,6,7);2*2-3H,1H3;2H,1H3,(H,4,5,6);4*2H,1H3. The summed E-state index contributed by atoms with van der Waals surface area (Å²) in [5, 5.41) is 34.3. The highest BCUT2D eigenvalue weighted by molar-refractivity contribution is 7.11. The third-order valence-electron chi connectivity index (χ3n) is 8.93. The summed E-state index contributed by atoms with van der Waals surface area (Å²) in [6.07, 6.45) is 19.6. The largest absolute Gasteiger partial charge is 0.452 e. The highest BCUT2D eigenvalue weighted by Gasteiger charge is 1.91. The maximum atomic E-state index is 4.97. The Bertz CT molecular complexity index is 2960. The molecule has 0 radical (unpaired) electrons. The molecule has 91 heavy (non-hydrogen) atoms. The molecule has 0 bridgehead atoms. The topological polar surface area (TPSA) is 396 Å². The number of hydrogen-bond donors (Lipinski definition) is 4. The Labute approximate surface area is 545 Å². The van der Waals surface area contributed by atoms with Crippen LogP contribution in [-0.4, -0.2) is 134 Å². The van der Waals surface area contributed by atoms with Gasteiger partial charge in [0, 0.05) is 73.9 Å². The Morgan fingerprint density at radius 2 is 1.30 bits per heavy atom. The fourth-order valence-electron chi connectivity index (χ4n) is 5.19. The van der Waals surface area contributed by atoms with Crippen LogP contribution in [0.3, 0.4) is 0 Å². The predicted octanol–water partition coefficient (Wildman–Crippen LogP) is 11.4. The van der Waals surface area contributed by atoms with Crippen molar-refractivity contribution in [2.24, 2.45) is 14.1 Å². The maximum Gasteiger partial charge on any atom is 0.223 e. The van der Waals surface area contributed by atoms with Crippen LogP contribution < -0.4 is 0 Å². The first-order valence-electron chi connectivity index (χ1n) is 27.1. The van der Waals surface area contributed by atoms with Gasteiger partial charge in [-0.15, -0.1) is 22.7 Å². The summed E-state index contributed by atoms with van der Waals surface area (Å²) in [6, 6.07) is 2.00. The Hall–Kier alpha value is -9.87. The van der Waals surface area contributed by atoms with Gasteiger partial charge in [-0.05, 0) is 147 Å². The molecule has 31 nitrogen and oxygen atoms in total. The molecule has 0 spiro atoms. The van der Waals surface area contributed by atoms with Crippen molar-refractivity contribution in [1.82, 2.24) is 134 Å². The van der Waals surface area contributed by atoms with Crippen molar-refractivity contribution in [3.05, 3.63) is 205 Å². The van der Waals surface area contributed by atoms with Crippen LogP contribution in [0.5, 0.6) is 0 Å². The summed E-state index contributed by atoms with van der Waals surface area (Å²) in [5.41, 5.74) is 9.95. The van der Waals surface area contributed by atoms with Crippen molar-refractivity contribution in [3.63, 3.8) is 0 Å². The molecule has 0 saturated carbocycles. The van der Waals surface area contributed by atoms with Gasteiger partial charge < -0.3 is 27.4 Å². The van der Waals surface area contributed by atoms with Gasteiger partial charge >= 0.3 is 0 Å². The number of thiazole rings is 2. The minimum Gasteiger partial charge on any atom is -0.452 e. The number of nitrogens with zero attached hydrogens (tertiary/aromatic N) is 23. The lowest BCUT2D eigenvalue weighted by Crippen LogP contribution is -1.86. The van der Waals surface area contributed by atoms with Gasteiger partial charge in [0.05, 0.1) is 40.1 Å². The highest BCUT2D eigenvalue weighted by Crippen LogP contribution is 2.08. The smallest absolute Gasteiger partial charge is 0.223 e. The van der Waals surface area contributed by atoms with E-state index in [1.165, 1.54) is 53.4 Å². The Morgan fingerprint density at radius 3 is 1.45 bits per heavy atom. The summed E-state index contributed by atoms with van der Waals surface area (Å²) in [7, 11) is 3.81. The van der Waals surface area contributed by atoms with E-state index in [-0.39, 0.29) is 0 Å². The van der Waals surface area contributed by atoms with E-state index in [0.29, 0.717) is 11.7 Å². The normalized spacial score (nSPS) is 9.15. The highest BCUT2D eigenvalue weighted by atomic mass is 32.1. The van der Waals surface area contributed by atoms with Crippen molar-refractivity contribution >= 4 is 45.7 Å². The molecule has 14 rings (SSSR count). The second kappa shape index (κ2) is 48.1.